The Balaban J connectivity index is 0.000000278. The molecule has 0 unspecified atom stereocenters. The van der Waals surface area contributed by atoms with Gasteiger partial charge in [-0.25, -0.2) is 4.79 Å². The second kappa shape index (κ2) is 11.1. The molecule has 0 N–H and O–H groups in total. The van der Waals surface area contributed by atoms with Gasteiger partial charge in [0.15, 0.2) is 11.6 Å². The van der Waals surface area contributed by atoms with E-state index in [2.05, 4.69) is 0 Å². The lowest BCUT2D eigenvalue weighted by molar-refractivity contribution is -0.135. The molecule has 2 saturated heterocycles. The molecule has 0 bridgehead atoms. The van der Waals surface area contributed by atoms with Gasteiger partial charge in [-0.15, -0.1) is 0 Å². The number of likely N-dealkylation sites (tertiary alicyclic amines) is 1. The van der Waals surface area contributed by atoms with Gasteiger partial charge in [0.1, 0.15) is 12.7 Å². The molecule has 6 heteroatoms. The Labute approximate surface area is 192 Å². The van der Waals surface area contributed by atoms with Crippen LogP contribution in [-0.4, -0.2) is 47.9 Å². The van der Waals surface area contributed by atoms with Crippen molar-refractivity contribution < 1.29 is 23.9 Å². The number of carbonyl (C=O) groups excluding carboxylic acids is 3. The maximum atomic E-state index is 12.4. The summed E-state index contributed by atoms with van der Waals surface area (Å²) in [6.45, 7) is 13.1. The highest BCUT2D eigenvalue weighted by Crippen LogP contribution is 2.27. The zero-order chi connectivity index (χ0) is 23.9. The zero-order valence-electron chi connectivity index (χ0n) is 20.5. The second-order valence-electron chi connectivity index (χ2n) is 10.6. The first-order valence-electron chi connectivity index (χ1n) is 11.6. The highest BCUT2D eigenvalue weighted by Gasteiger charge is 2.39. The number of nitrogens with zero attached hydrogens (tertiary/aromatic N) is 1. The average molecular weight is 446 g/mol. The normalized spacial score (nSPS) is 21.0. The van der Waals surface area contributed by atoms with Gasteiger partial charge in [0.05, 0.1) is 6.04 Å². The van der Waals surface area contributed by atoms with E-state index in [1.54, 1.807) is 4.90 Å². The van der Waals surface area contributed by atoms with E-state index in [1.807, 2.05) is 71.9 Å². The molecule has 2 heterocycles. The Hall–Kier alpha value is -2.21. The number of carbonyl (C=O) groups is 3. The third-order valence-corrected chi connectivity index (χ3v) is 5.70. The first-order chi connectivity index (χ1) is 14.9. The van der Waals surface area contributed by atoms with Gasteiger partial charge in [-0.1, -0.05) is 71.9 Å². The van der Waals surface area contributed by atoms with Crippen LogP contribution in [0.3, 0.4) is 0 Å². The van der Waals surface area contributed by atoms with Gasteiger partial charge >= 0.3 is 6.09 Å². The van der Waals surface area contributed by atoms with Crippen molar-refractivity contribution in [1.82, 2.24) is 4.90 Å². The Morgan fingerprint density at radius 1 is 0.938 bits per heavy atom. The van der Waals surface area contributed by atoms with Gasteiger partial charge in [-0.05, 0) is 31.2 Å². The Kier molecular flexibility index (Phi) is 9.02. The Morgan fingerprint density at radius 3 is 2.09 bits per heavy atom. The summed E-state index contributed by atoms with van der Waals surface area (Å²) in [7, 11) is 0. The fourth-order valence-electron chi connectivity index (χ4n) is 3.83. The maximum Gasteiger partial charge on any atom is 0.410 e. The molecule has 2 atom stereocenters. The van der Waals surface area contributed by atoms with Gasteiger partial charge in [0, 0.05) is 24.0 Å². The van der Waals surface area contributed by atoms with Crippen molar-refractivity contribution in [3.63, 3.8) is 0 Å². The number of rotatable bonds is 4. The van der Waals surface area contributed by atoms with Crippen LogP contribution in [0.25, 0.3) is 0 Å². The van der Waals surface area contributed by atoms with E-state index in [1.165, 1.54) is 0 Å². The van der Waals surface area contributed by atoms with Crippen molar-refractivity contribution in [2.45, 2.75) is 86.0 Å². The van der Waals surface area contributed by atoms with E-state index < -0.39 is 5.41 Å². The van der Waals surface area contributed by atoms with Crippen LogP contribution < -0.4 is 0 Å². The molecule has 0 radical (unpaired) electrons. The predicted molar refractivity (Wildman–Crippen MR) is 124 cm³/mol. The van der Waals surface area contributed by atoms with Crippen molar-refractivity contribution in [2.24, 2.45) is 10.8 Å². The monoisotopic (exact) mass is 445 g/mol. The highest BCUT2D eigenvalue weighted by atomic mass is 16.6. The van der Waals surface area contributed by atoms with Crippen molar-refractivity contribution in [3.05, 3.63) is 35.9 Å². The van der Waals surface area contributed by atoms with Gasteiger partial charge in [-0.2, -0.15) is 0 Å². The topological polar surface area (TPSA) is 72.9 Å². The minimum atomic E-state index is -0.438. The number of hydrogen-bond acceptors (Lipinski definition) is 5. The summed E-state index contributed by atoms with van der Waals surface area (Å²) in [5.41, 5.74) is 0.269. The third-order valence-electron chi connectivity index (χ3n) is 5.70. The molecule has 3 rings (SSSR count). The zero-order valence-corrected chi connectivity index (χ0v) is 20.5. The number of hydrogen-bond donors (Lipinski definition) is 0. The molecule has 2 fully saturated rings. The number of amides is 1. The van der Waals surface area contributed by atoms with Gasteiger partial charge in [-0.3, -0.25) is 14.5 Å². The number of Topliss-reactive ketones (excluding diaryl/α,β-unsaturated/α-hetero) is 2. The van der Waals surface area contributed by atoms with Crippen LogP contribution in [0, 0.1) is 10.8 Å². The van der Waals surface area contributed by atoms with Gasteiger partial charge in [0.25, 0.3) is 0 Å². The molecule has 1 aromatic rings. The van der Waals surface area contributed by atoms with Crippen molar-refractivity contribution >= 4 is 17.7 Å². The molecule has 1 amide bonds. The summed E-state index contributed by atoms with van der Waals surface area (Å²) in [6.07, 6.45) is 3.03. The van der Waals surface area contributed by atoms with E-state index in [4.69, 9.17) is 9.47 Å². The lowest BCUT2D eigenvalue weighted by Gasteiger charge is -2.28. The van der Waals surface area contributed by atoms with E-state index in [9.17, 15) is 14.4 Å². The summed E-state index contributed by atoms with van der Waals surface area (Å²) < 4.78 is 10.6. The Morgan fingerprint density at radius 2 is 1.56 bits per heavy atom. The molecule has 0 saturated carbocycles. The molecule has 0 aliphatic carbocycles. The third kappa shape index (κ3) is 7.44. The molecule has 2 aliphatic heterocycles. The predicted octanol–water partition coefficient (Wildman–Crippen LogP) is 5.18. The summed E-state index contributed by atoms with van der Waals surface area (Å²) in [6, 6.07) is 9.22. The van der Waals surface area contributed by atoms with Gasteiger partial charge in [0.2, 0.25) is 0 Å². The summed E-state index contributed by atoms with van der Waals surface area (Å²) >= 11 is 0. The summed E-state index contributed by atoms with van der Waals surface area (Å²) in [4.78, 5) is 37.7. The van der Waals surface area contributed by atoms with Gasteiger partial charge < -0.3 is 9.47 Å². The SMILES string of the molecule is CC(C)(C)C(=O)[C@@H]1CCCN1C(=O)OCc1ccccc1.CC(C)(C)C(=O)[C@H]1CCCO1. The standard InChI is InChI=1S/C17H23NO3.C9H16O2/c1-17(2,3)15(19)14-10-7-11-18(14)16(20)21-12-13-8-5-4-6-9-13;1-9(2,3)8(10)7-5-4-6-11-7/h4-6,8-9,14H,7,10-12H2,1-3H3;7H,4-6H2,1-3H3/t14-;7-/m01/s1. The van der Waals surface area contributed by atoms with E-state index in [0.29, 0.717) is 6.54 Å². The first-order valence-corrected chi connectivity index (χ1v) is 11.6. The molecule has 2 aliphatic rings. The number of ketones is 2. The van der Waals surface area contributed by atoms with Crippen molar-refractivity contribution in [1.29, 1.82) is 0 Å². The summed E-state index contributed by atoms with van der Waals surface area (Å²) in [5.74, 6) is 0.353. The van der Waals surface area contributed by atoms with Crippen LogP contribution in [-0.2, 0) is 25.7 Å². The lowest BCUT2D eigenvalue weighted by Crippen LogP contribution is -2.45. The maximum absolute atomic E-state index is 12.4. The fourth-order valence-corrected chi connectivity index (χ4v) is 3.83. The van der Waals surface area contributed by atoms with Crippen molar-refractivity contribution in [3.8, 4) is 0 Å². The quantitative estimate of drug-likeness (QED) is 0.638. The first kappa shape index (κ1) is 26.0. The van der Waals surface area contributed by atoms with Crippen LogP contribution in [0.5, 0.6) is 0 Å². The molecule has 32 heavy (non-hydrogen) atoms. The molecule has 178 valence electrons. The van der Waals surface area contributed by atoms with Crippen LogP contribution in [0.4, 0.5) is 4.79 Å². The van der Waals surface area contributed by atoms with Crippen LogP contribution in [0.2, 0.25) is 0 Å². The largest absolute Gasteiger partial charge is 0.445 e. The Bertz CT molecular complexity index is 770. The highest BCUT2D eigenvalue weighted by molar-refractivity contribution is 5.91. The number of ether oxygens (including phenoxy) is 2. The van der Waals surface area contributed by atoms with E-state index in [0.717, 1.165) is 37.9 Å². The molecule has 0 spiro atoms. The molecular formula is C26H39NO5. The second-order valence-corrected chi connectivity index (χ2v) is 10.6. The van der Waals surface area contributed by atoms with E-state index in [-0.39, 0.29) is 41.8 Å². The van der Waals surface area contributed by atoms with Crippen LogP contribution in [0.15, 0.2) is 30.3 Å². The summed E-state index contributed by atoms with van der Waals surface area (Å²) in [5, 5.41) is 0. The van der Waals surface area contributed by atoms with E-state index >= 15 is 0 Å². The molecule has 6 nitrogen and oxygen atoms in total. The minimum absolute atomic E-state index is 0.108. The smallest absolute Gasteiger partial charge is 0.410 e. The molecular weight excluding hydrogens is 406 g/mol. The lowest BCUT2D eigenvalue weighted by atomic mass is 9.85. The number of benzene rings is 1. The van der Waals surface area contributed by atoms with Crippen LogP contribution >= 0.6 is 0 Å². The molecule has 1 aromatic carbocycles. The fraction of sp³-hybridized carbons (Fsp3) is 0.654. The molecule has 0 aromatic heterocycles. The minimum Gasteiger partial charge on any atom is -0.445 e. The van der Waals surface area contributed by atoms with Crippen molar-refractivity contribution in [2.75, 3.05) is 13.2 Å². The van der Waals surface area contributed by atoms with Crippen LogP contribution in [0.1, 0.15) is 72.8 Å². The average Bonchev–Trinajstić information content (AvgIpc) is 3.42.